The molecule has 1 saturated heterocycles. The molecule has 6 nitrogen and oxygen atoms in total. The van der Waals surface area contributed by atoms with E-state index in [0.29, 0.717) is 62.0 Å². The number of rotatable bonds is 12. The number of ketones is 2. The van der Waals surface area contributed by atoms with Gasteiger partial charge >= 0.3 is 0 Å². The summed E-state index contributed by atoms with van der Waals surface area (Å²) in [6, 6.07) is 0.446. The van der Waals surface area contributed by atoms with Crippen LogP contribution in [0.2, 0.25) is 0 Å². The van der Waals surface area contributed by atoms with Crippen molar-refractivity contribution in [2.75, 3.05) is 19.8 Å². The van der Waals surface area contributed by atoms with E-state index in [-0.39, 0.29) is 23.8 Å². The van der Waals surface area contributed by atoms with Crippen molar-refractivity contribution in [2.24, 2.45) is 23.7 Å². The van der Waals surface area contributed by atoms with E-state index in [1.165, 1.54) is 83.5 Å². The zero-order valence-electron chi connectivity index (χ0n) is 23.9. The van der Waals surface area contributed by atoms with Crippen LogP contribution in [0.1, 0.15) is 128 Å². The van der Waals surface area contributed by atoms with Gasteiger partial charge in [-0.1, -0.05) is 64.2 Å². The molecule has 38 heavy (non-hydrogen) atoms. The van der Waals surface area contributed by atoms with Crippen LogP contribution in [-0.4, -0.2) is 49.3 Å². The molecule has 5 unspecified atom stereocenters. The molecule has 1 amide bonds. The van der Waals surface area contributed by atoms with E-state index in [9.17, 15) is 14.4 Å². The number of carbonyl (C=O) groups is 3. The van der Waals surface area contributed by atoms with Crippen molar-refractivity contribution in [3.8, 4) is 0 Å². The molecule has 216 valence electrons. The molecule has 1 aliphatic heterocycles. The van der Waals surface area contributed by atoms with Gasteiger partial charge in [-0.3, -0.25) is 14.4 Å². The predicted octanol–water partition coefficient (Wildman–Crippen LogP) is 5.91. The number of hydrogen-bond acceptors (Lipinski definition) is 5. The Bertz CT molecular complexity index is 746. The third-order valence-corrected chi connectivity index (χ3v) is 9.99. The van der Waals surface area contributed by atoms with Crippen molar-refractivity contribution in [2.45, 2.75) is 141 Å². The summed E-state index contributed by atoms with van der Waals surface area (Å²) in [4.78, 5) is 37.9. The highest BCUT2D eigenvalue weighted by molar-refractivity contribution is 5.90. The normalized spacial score (nSPS) is 30.8. The fourth-order valence-electron chi connectivity index (χ4n) is 7.84. The lowest BCUT2D eigenvalue weighted by atomic mass is 9.85. The van der Waals surface area contributed by atoms with Crippen LogP contribution < -0.4 is 10.6 Å². The number of hydrogen-bond donors (Lipinski definition) is 2. The molecule has 0 aromatic rings. The number of fused-ring (bicyclic) bond motifs is 5. The first kappa shape index (κ1) is 29.7. The van der Waals surface area contributed by atoms with E-state index in [4.69, 9.17) is 4.74 Å². The highest BCUT2D eigenvalue weighted by Gasteiger charge is 2.52. The summed E-state index contributed by atoms with van der Waals surface area (Å²) in [5, 5.41) is 6.74. The number of amides is 1. The first-order chi connectivity index (χ1) is 18.6. The van der Waals surface area contributed by atoms with Gasteiger partial charge in [0.15, 0.2) is 5.78 Å². The number of nitrogens with one attached hydrogen (secondary N) is 2. The van der Waals surface area contributed by atoms with Crippen molar-refractivity contribution in [1.82, 2.24) is 10.6 Å². The summed E-state index contributed by atoms with van der Waals surface area (Å²) in [5.41, 5.74) is 0. The number of carbonyl (C=O) groups excluding carboxylic acids is 3. The van der Waals surface area contributed by atoms with Crippen LogP contribution in [0.15, 0.2) is 0 Å². The molecule has 5 atom stereocenters. The molecule has 2 bridgehead atoms. The minimum absolute atomic E-state index is 0.00778. The van der Waals surface area contributed by atoms with Crippen molar-refractivity contribution in [1.29, 1.82) is 0 Å². The van der Waals surface area contributed by atoms with Crippen molar-refractivity contribution in [3.05, 3.63) is 0 Å². The van der Waals surface area contributed by atoms with Crippen LogP contribution in [-0.2, 0) is 19.1 Å². The van der Waals surface area contributed by atoms with Gasteiger partial charge in [0.05, 0.1) is 19.3 Å². The molecule has 4 rings (SSSR count). The Kier molecular flexibility index (Phi) is 12.6. The van der Waals surface area contributed by atoms with Crippen LogP contribution in [0, 0.1) is 23.7 Å². The maximum Gasteiger partial charge on any atom is 0.222 e. The second kappa shape index (κ2) is 16.1. The predicted molar refractivity (Wildman–Crippen MR) is 151 cm³/mol. The third kappa shape index (κ3) is 8.87. The molecule has 0 aromatic carbocycles. The summed E-state index contributed by atoms with van der Waals surface area (Å²) in [7, 11) is 0. The van der Waals surface area contributed by atoms with Crippen LogP contribution in [0.3, 0.4) is 0 Å². The molecule has 6 heteroatoms. The Balaban J connectivity index is 1.02. The van der Waals surface area contributed by atoms with Gasteiger partial charge in [-0.15, -0.1) is 0 Å². The van der Waals surface area contributed by atoms with E-state index >= 15 is 0 Å². The van der Waals surface area contributed by atoms with Crippen molar-refractivity contribution < 1.29 is 19.1 Å². The Morgan fingerprint density at radius 3 is 2.16 bits per heavy atom. The van der Waals surface area contributed by atoms with Crippen molar-refractivity contribution in [3.63, 3.8) is 0 Å². The molecular weight excluding hydrogens is 476 g/mol. The van der Waals surface area contributed by atoms with Gasteiger partial charge in [-0.05, 0) is 63.2 Å². The van der Waals surface area contributed by atoms with Gasteiger partial charge in [0, 0.05) is 37.3 Å². The SMILES string of the molecule is O=C(CCOCCC(=O)C1CCCCCCCC1)NCCCCC1NC2C3CCCCCCC(C3)C2C1=O. The first-order valence-electron chi connectivity index (χ1n) is 16.3. The molecule has 0 aromatic heterocycles. The lowest BCUT2D eigenvalue weighted by Crippen LogP contribution is -2.35. The van der Waals surface area contributed by atoms with E-state index in [0.717, 1.165) is 32.1 Å². The number of unbranched alkanes of at least 4 members (excludes halogenated alkanes) is 1. The summed E-state index contributed by atoms with van der Waals surface area (Å²) in [6.07, 6.45) is 22.2. The summed E-state index contributed by atoms with van der Waals surface area (Å²) in [6.45, 7) is 1.45. The van der Waals surface area contributed by atoms with E-state index in [2.05, 4.69) is 10.6 Å². The molecule has 4 aliphatic rings. The quantitative estimate of drug-likeness (QED) is 0.307. The zero-order chi connectivity index (χ0) is 26.6. The van der Waals surface area contributed by atoms with Crippen LogP contribution >= 0.6 is 0 Å². The summed E-state index contributed by atoms with van der Waals surface area (Å²) < 4.78 is 5.62. The number of Topliss-reactive ketones (excluding diaryl/α,β-unsaturated/α-hetero) is 2. The average molecular weight is 531 g/mol. The lowest BCUT2D eigenvalue weighted by Gasteiger charge is -2.20. The Morgan fingerprint density at radius 1 is 0.789 bits per heavy atom. The fourth-order valence-corrected chi connectivity index (χ4v) is 7.84. The largest absolute Gasteiger partial charge is 0.380 e. The molecule has 1 heterocycles. The smallest absolute Gasteiger partial charge is 0.222 e. The summed E-state index contributed by atoms with van der Waals surface area (Å²) in [5.74, 6) is 2.62. The third-order valence-electron chi connectivity index (χ3n) is 9.99. The molecule has 0 radical (unpaired) electrons. The van der Waals surface area contributed by atoms with Crippen LogP contribution in [0.4, 0.5) is 0 Å². The molecular formula is C32H54N2O4. The molecule has 0 spiro atoms. The Morgan fingerprint density at radius 2 is 1.42 bits per heavy atom. The Hall–Kier alpha value is -1.27. The van der Waals surface area contributed by atoms with E-state index in [1.807, 2.05) is 0 Å². The first-order valence-corrected chi connectivity index (χ1v) is 16.3. The van der Waals surface area contributed by atoms with Gasteiger partial charge in [0.1, 0.15) is 5.78 Å². The van der Waals surface area contributed by atoms with Gasteiger partial charge in [-0.25, -0.2) is 0 Å². The molecule has 3 saturated carbocycles. The minimum Gasteiger partial charge on any atom is -0.380 e. The van der Waals surface area contributed by atoms with Gasteiger partial charge in [0.2, 0.25) is 5.91 Å². The molecule has 4 fully saturated rings. The standard InChI is InChI=1S/C32H54N2O4/c35-28(24-13-7-3-1-2-4-8-14-24)18-21-38-22-19-29(36)33-20-12-11-17-27-32(37)30-25-15-9-5-6-10-16-26(23-25)31(30)34-27/h24-27,30-31,34H,1-23H2,(H,33,36). The highest BCUT2D eigenvalue weighted by atomic mass is 16.5. The van der Waals surface area contributed by atoms with E-state index in [1.54, 1.807) is 0 Å². The highest BCUT2D eigenvalue weighted by Crippen LogP contribution is 2.47. The fraction of sp³-hybridized carbons (Fsp3) is 0.906. The maximum absolute atomic E-state index is 13.2. The topological polar surface area (TPSA) is 84.5 Å². The van der Waals surface area contributed by atoms with Gasteiger partial charge in [0.25, 0.3) is 0 Å². The minimum atomic E-state index is 0.00778. The van der Waals surface area contributed by atoms with Gasteiger partial charge in [-0.2, -0.15) is 0 Å². The monoisotopic (exact) mass is 530 g/mol. The summed E-state index contributed by atoms with van der Waals surface area (Å²) >= 11 is 0. The second-order valence-corrected chi connectivity index (χ2v) is 12.7. The van der Waals surface area contributed by atoms with Crippen LogP contribution in [0.25, 0.3) is 0 Å². The lowest BCUT2D eigenvalue weighted by molar-refractivity contribution is -0.125. The van der Waals surface area contributed by atoms with Crippen LogP contribution in [0.5, 0.6) is 0 Å². The average Bonchev–Trinajstić information content (AvgIpc) is 3.49. The molecule has 2 N–H and O–H groups in total. The Labute approximate surface area is 231 Å². The van der Waals surface area contributed by atoms with Crippen molar-refractivity contribution >= 4 is 17.5 Å². The number of ether oxygens (including phenoxy) is 1. The molecule has 3 aliphatic carbocycles. The second-order valence-electron chi connectivity index (χ2n) is 12.7. The van der Waals surface area contributed by atoms with E-state index < -0.39 is 0 Å². The zero-order valence-corrected chi connectivity index (χ0v) is 23.9. The van der Waals surface area contributed by atoms with Gasteiger partial charge < -0.3 is 15.4 Å². The maximum atomic E-state index is 13.2.